The van der Waals surface area contributed by atoms with Crippen molar-refractivity contribution in [3.8, 4) is 5.69 Å². The molecule has 4 aromatic rings. The predicted molar refractivity (Wildman–Crippen MR) is 103 cm³/mol. The number of carbonyl (C=O) groups excluding carboxylic acids is 1. The zero-order valence-corrected chi connectivity index (χ0v) is 14.7. The predicted octanol–water partition coefficient (Wildman–Crippen LogP) is 3.57. The van der Waals surface area contributed by atoms with E-state index in [1.54, 1.807) is 6.33 Å². The molecule has 1 heterocycles. The van der Waals surface area contributed by atoms with Crippen LogP contribution in [0, 0.1) is 0 Å². The molecule has 3 aromatic carbocycles. The second-order valence-electron chi connectivity index (χ2n) is 5.74. The Labute approximate surface area is 155 Å². The highest BCUT2D eigenvalue weighted by Crippen LogP contribution is 2.19. The van der Waals surface area contributed by atoms with Crippen molar-refractivity contribution in [1.29, 1.82) is 0 Å². The molecule has 1 amide bonds. The molecule has 0 aliphatic carbocycles. The first-order chi connectivity index (χ1) is 12.8. The SMILES string of the molecule is O=C(CSc1nc[nH][n+]1-c1ccccc1)Nc1ccc2ccccc2c1. The average Bonchev–Trinajstić information content (AvgIpc) is 3.16. The number of nitrogens with one attached hydrogen (secondary N) is 2. The van der Waals surface area contributed by atoms with Crippen molar-refractivity contribution in [2.24, 2.45) is 0 Å². The summed E-state index contributed by atoms with van der Waals surface area (Å²) in [5, 5.41) is 9.01. The van der Waals surface area contributed by atoms with Gasteiger partial charge < -0.3 is 5.32 Å². The molecule has 0 aliphatic heterocycles. The molecule has 0 spiro atoms. The molecule has 0 radical (unpaired) electrons. The van der Waals surface area contributed by atoms with Crippen molar-refractivity contribution in [2.75, 3.05) is 11.1 Å². The number of rotatable bonds is 5. The Kier molecular flexibility index (Phi) is 4.66. The van der Waals surface area contributed by atoms with Crippen LogP contribution in [0.2, 0.25) is 0 Å². The quantitative estimate of drug-likeness (QED) is 0.422. The number of aromatic nitrogens is 3. The summed E-state index contributed by atoms with van der Waals surface area (Å²) in [6.07, 6.45) is 1.62. The number of anilines is 1. The van der Waals surface area contributed by atoms with E-state index in [1.807, 2.05) is 71.4 Å². The number of H-pyrrole nitrogens is 1. The third kappa shape index (κ3) is 3.60. The van der Waals surface area contributed by atoms with E-state index < -0.39 is 0 Å². The second kappa shape index (κ2) is 7.41. The Morgan fingerprint density at radius 3 is 2.62 bits per heavy atom. The number of aromatic amines is 1. The molecule has 0 unspecified atom stereocenters. The van der Waals surface area contributed by atoms with Gasteiger partial charge in [-0.1, -0.05) is 48.5 Å². The largest absolute Gasteiger partial charge is 0.385 e. The van der Waals surface area contributed by atoms with Crippen LogP contribution in [0.25, 0.3) is 16.5 Å². The number of fused-ring (bicyclic) bond motifs is 1. The maximum Gasteiger partial charge on any atom is 0.385 e. The Morgan fingerprint density at radius 1 is 1.00 bits per heavy atom. The third-order valence-electron chi connectivity index (χ3n) is 3.93. The molecular formula is C20H17N4OS+. The summed E-state index contributed by atoms with van der Waals surface area (Å²) in [5.41, 5.74) is 1.77. The Hall–Kier alpha value is -3.12. The zero-order valence-electron chi connectivity index (χ0n) is 13.9. The minimum absolute atomic E-state index is 0.0621. The first-order valence-corrected chi connectivity index (χ1v) is 9.20. The lowest BCUT2D eigenvalue weighted by Gasteiger charge is -2.05. The van der Waals surface area contributed by atoms with Crippen molar-refractivity contribution >= 4 is 34.1 Å². The monoisotopic (exact) mass is 361 g/mol. The van der Waals surface area contributed by atoms with Gasteiger partial charge in [-0.2, -0.15) is 5.10 Å². The number of amides is 1. The van der Waals surface area contributed by atoms with Gasteiger partial charge in [0.05, 0.1) is 5.75 Å². The van der Waals surface area contributed by atoms with E-state index in [1.165, 1.54) is 11.8 Å². The fourth-order valence-corrected chi connectivity index (χ4v) is 3.46. The molecule has 0 atom stereocenters. The summed E-state index contributed by atoms with van der Waals surface area (Å²) in [7, 11) is 0. The molecule has 6 heteroatoms. The van der Waals surface area contributed by atoms with E-state index in [4.69, 9.17) is 0 Å². The van der Waals surface area contributed by atoms with Crippen LogP contribution in [-0.2, 0) is 4.79 Å². The van der Waals surface area contributed by atoms with Crippen LogP contribution in [0.5, 0.6) is 0 Å². The van der Waals surface area contributed by atoms with E-state index in [0.29, 0.717) is 0 Å². The Bertz CT molecular complexity index is 1050. The van der Waals surface area contributed by atoms with Gasteiger partial charge in [0.15, 0.2) is 5.69 Å². The maximum atomic E-state index is 12.3. The molecule has 1 aromatic heterocycles. The van der Waals surface area contributed by atoms with Gasteiger partial charge in [0, 0.05) is 5.69 Å². The lowest BCUT2D eigenvalue weighted by atomic mass is 10.1. The van der Waals surface area contributed by atoms with Crippen LogP contribution in [0.15, 0.2) is 84.3 Å². The summed E-state index contributed by atoms with van der Waals surface area (Å²) >= 11 is 1.39. The molecule has 26 heavy (non-hydrogen) atoms. The Morgan fingerprint density at radius 2 is 1.77 bits per heavy atom. The lowest BCUT2D eigenvalue weighted by Crippen LogP contribution is -2.35. The van der Waals surface area contributed by atoms with Gasteiger partial charge in [0.25, 0.3) is 0 Å². The summed E-state index contributed by atoms with van der Waals surface area (Å²) < 4.78 is 1.86. The number of benzene rings is 3. The molecular weight excluding hydrogens is 344 g/mol. The van der Waals surface area contributed by atoms with E-state index in [-0.39, 0.29) is 11.7 Å². The van der Waals surface area contributed by atoms with Crippen molar-refractivity contribution < 1.29 is 9.48 Å². The molecule has 0 saturated heterocycles. The van der Waals surface area contributed by atoms with Crippen molar-refractivity contribution in [3.63, 3.8) is 0 Å². The first-order valence-electron chi connectivity index (χ1n) is 8.22. The number of thioether (sulfide) groups is 1. The van der Waals surface area contributed by atoms with Crippen molar-refractivity contribution in [3.05, 3.63) is 79.1 Å². The highest BCUT2D eigenvalue weighted by molar-refractivity contribution is 7.99. The molecule has 128 valence electrons. The fraction of sp³-hybridized carbons (Fsp3) is 0.0500. The van der Waals surface area contributed by atoms with Crippen LogP contribution in [-0.4, -0.2) is 21.7 Å². The Balaban J connectivity index is 1.42. The van der Waals surface area contributed by atoms with E-state index in [9.17, 15) is 4.79 Å². The number of hydrogen-bond acceptors (Lipinski definition) is 3. The fourth-order valence-electron chi connectivity index (χ4n) is 2.71. The smallest absolute Gasteiger partial charge is 0.325 e. The van der Waals surface area contributed by atoms with Gasteiger partial charge in [0.1, 0.15) is 0 Å². The molecule has 0 fully saturated rings. The molecule has 2 N–H and O–H groups in total. The van der Waals surface area contributed by atoms with Gasteiger partial charge in [-0.3, -0.25) is 4.79 Å². The highest BCUT2D eigenvalue weighted by atomic mass is 32.2. The first kappa shape index (κ1) is 16.4. The molecule has 0 aliphatic rings. The minimum atomic E-state index is -0.0621. The van der Waals surface area contributed by atoms with Crippen LogP contribution in [0.3, 0.4) is 0 Å². The lowest BCUT2D eigenvalue weighted by molar-refractivity contribution is -0.694. The van der Waals surface area contributed by atoms with Crippen LogP contribution in [0.1, 0.15) is 0 Å². The summed E-state index contributed by atoms with van der Waals surface area (Å²) in [6.45, 7) is 0. The van der Waals surface area contributed by atoms with Gasteiger partial charge >= 0.3 is 5.16 Å². The van der Waals surface area contributed by atoms with Crippen molar-refractivity contribution in [2.45, 2.75) is 5.16 Å². The van der Waals surface area contributed by atoms with Gasteiger partial charge in [-0.15, -0.1) is 4.68 Å². The summed E-state index contributed by atoms with van der Waals surface area (Å²) in [4.78, 5) is 16.6. The summed E-state index contributed by atoms with van der Waals surface area (Å²) in [5.74, 6) is 0.220. The number of para-hydroxylation sites is 1. The van der Waals surface area contributed by atoms with Crippen molar-refractivity contribution in [1.82, 2.24) is 10.1 Å². The van der Waals surface area contributed by atoms with Gasteiger partial charge in [-0.05, 0) is 51.8 Å². The standard InChI is InChI=1S/C20H16N4OS/c25-19(23-17-11-10-15-6-4-5-7-16(15)12-17)13-26-20-21-14-22-24(20)18-8-2-1-3-9-18/h1-12,14H,13H2,(H,23,25)/p+1. The van der Waals surface area contributed by atoms with Crippen LogP contribution in [0.4, 0.5) is 5.69 Å². The second-order valence-corrected chi connectivity index (χ2v) is 6.68. The zero-order chi connectivity index (χ0) is 17.8. The molecule has 0 bridgehead atoms. The minimum Gasteiger partial charge on any atom is -0.325 e. The normalized spacial score (nSPS) is 10.8. The van der Waals surface area contributed by atoms with E-state index in [2.05, 4.69) is 21.5 Å². The highest BCUT2D eigenvalue weighted by Gasteiger charge is 2.18. The topological polar surface area (TPSA) is 61.7 Å². The summed E-state index contributed by atoms with van der Waals surface area (Å²) in [6, 6.07) is 23.8. The van der Waals surface area contributed by atoms with Gasteiger partial charge in [-0.25, -0.2) is 0 Å². The van der Waals surface area contributed by atoms with Crippen LogP contribution >= 0.6 is 11.8 Å². The molecule has 4 rings (SSSR count). The number of nitrogens with zero attached hydrogens (tertiary/aromatic N) is 2. The van der Waals surface area contributed by atoms with E-state index in [0.717, 1.165) is 27.3 Å². The van der Waals surface area contributed by atoms with Gasteiger partial charge in [0.2, 0.25) is 12.2 Å². The van der Waals surface area contributed by atoms with E-state index >= 15 is 0 Å². The maximum absolute atomic E-state index is 12.3. The van der Waals surface area contributed by atoms with Crippen LogP contribution < -0.4 is 10.00 Å². The molecule has 0 saturated carbocycles. The number of hydrogen-bond donors (Lipinski definition) is 2. The third-order valence-corrected chi connectivity index (χ3v) is 4.89. The number of carbonyl (C=O) groups is 1. The molecule has 5 nitrogen and oxygen atoms in total. The average molecular weight is 361 g/mol.